The highest BCUT2D eigenvalue weighted by Gasteiger charge is 2.41. The van der Waals surface area contributed by atoms with Crippen molar-refractivity contribution in [1.82, 2.24) is 4.90 Å². The molecule has 5 rings (SSSR count). The highest BCUT2D eigenvalue weighted by atomic mass is 35.5. The summed E-state index contributed by atoms with van der Waals surface area (Å²) in [6.07, 6.45) is -5.86. The first kappa shape index (κ1) is 29.5. The van der Waals surface area contributed by atoms with Gasteiger partial charge in [0.05, 0.1) is 35.2 Å². The van der Waals surface area contributed by atoms with Crippen molar-refractivity contribution in [3.8, 4) is 28.0 Å². The van der Waals surface area contributed by atoms with Gasteiger partial charge in [0.2, 0.25) is 0 Å². The van der Waals surface area contributed by atoms with Crippen LogP contribution in [-0.4, -0.2) is 35.2 Å². The minimum absolute atomic E-state index is 0.143. The zero-order valence-corrected chi connectivity index (χ0v) is 24.2. The third-order valence-electron chi connectivity index (χ3n) is 7.31. The molecule has 0 spiro atoms. The van der Waals surface area contributed by atoms with Gasteiger partial charge >= 0.3 is 18.2 Å². The van der Waals surface area contributed by atoms with Crippen molar-refractivity contribution in [2.45, 2.75) is 38.7 Å². The molecule has 0 radical (unpaired) electrons. The van der Waals surface area contributed by atoms with E-state index in [2.05, 4.69) is 0 Å². The molecule has 1 saturated heterocycles. The Morgan fingerprint density at radius 3 is 2.40 bits per heavy atom. The van der Waals surface area contributed by atoms with Gasteiger partial charge in [-0.2, -0.15) is 13.2 Å². The average Bonchev–Trinajstić information content (AvgIpc) is 3.50. The zero-order valence-electron chi connectivity index (χ0n) is 22.7. The number of carboxylic acid groups (broad SMARTS) is 1. The van der Waals surface area contributed by atoms with Crippen LogP contribution in [0.1, 0.15) is 45.0 Å². The number of halogens is 4. The number of amides is 1. The highest BCUT2D eigenvalue weighted by Crippen LogP contribution is 2.42. The number of aryl methyl sites for hydroxylation is 1. The number of ether oxygens (including phenoxy) is 2. The van der Waals surface area contributed by atoms with Crippen LogP contribution in [0.3, 0.4) is 0 Å². The Bertz CT molecular complexity index is 1690. The Morgan fingerprint density at radius 1 is 1.05 bits per heavy atom. The molecule has 1 aromatic heterocycles. The molecule has 2 atom stereocenters. The number of alkyl halides is 3. The van der Waals surface area contributed by atoms with E-state index < -0.39 is 35.9 Å². The maximum absolute atomic E-state index is 13.8. The number of hydrogen-bond donors (Lipinski definition) is 1. The molecule has 1 N–H and O–H groups in total. The van der Waals surface area contributed by atoms with Crippen LogP contribution in [0, 0.1) is 6.92 Å². The van der Waals surface area contributed by atoms with Gasteiger partial charge in [0.1, 0.15) is 5.75 Å². The van der Waals surface area contributed by atoms with Crippen LogP contribution in [0.2, 0.25) is 4.34 Å². The standard InChI is InChI=1S/C31H25ClF3NO5S/c1-16-12-19(29(37)38)4-7-22(16)18-5-9-25(40-3)24(14-18)23-8-6-21(31(33,34)35)13-20(23)15-36-17(2)28(41-30(36)39)26-10-11-27(32)42-26/h4-14,17,28H,15H2,1-3H3,(H,37,38)/t17-,28-/m0/s1. The Labute approximate surface area is 248 Å². The first-order valence-electron chi connectivity index (χ1n) is 12.8. The maximum atomic E-state index is 13.8. The number of methoxy groups -OCH3 is 1. The van der Waals surface area contributed by atoms with Gasteiger partial charge in [0.25, 0.3) is 0 Å². The molecule has 1 amide bonds. The lowest BCUT2D eigenvalue weighted by molar-refractivity contribution is -0.137. The Morgan fingerprint density at radius 2 is 1.79 bits per heavy atom. The molecule has 6 nitrogen and oxygen atoms in total. The van der Waals surface area contributed by atoms with Crippen molar-refractivity contribution >= 4 is 35.0 Å². The summed E-state index contributed by atoms with van der Waals surface area (Å²) in [5.41, 5.74) is 2.70. The van der Waals surface area contributed by atoms with Crippen LogP contribution in [0.4, 0.5) is 18.0 Å². The predicted molar refractivity (Wildman–Crippen MR) is 154 cm³/mol. The number of nitrogens with zero attached hydrogens (tertiary/aromatic N) is 1. The average molecular weight is 616 g/mol. The number of benzene rings is 3. The van der Waals surface area contributed by atoms with Crippen molar-refractivity contribution in [2.75, 3.05) is 7.11 Å². The van der Waals surface area contributed by atoms with Gasteiger partial charge in [0, 0.05) is 10.4 Å². The van der Waals surface area contributed by atoms with E-state index in [0.29, 0.717) is 26.8 Å². The third-order valence-corrected chi connectivity index (χ3v) is 8.61. The van der Waals surface area contributed by atoms with E-state index in [0.717, 1.165) is 28.1 Å². The number of carbonyl (C=O) groups excluding carboxylic acids is 1. The topological polar surface area (TPSA) is 76.1 Å². The van der Waals surface area contributed by atoms with E-state index in [-0.39, 0.29) is 17.7 Å². The SMILES string of the molecule is COc1ccc(-c2ccc(C(=O)O)cc2C)cc1-c1ccc(C(F)(F)F)cc1CN1C(=O)O[C@H](c2ccc(Cl)s2)[C@@H]1C. The van der Waals surface area contributed by atoms with Gasteiger partial charge in [-0.1, -0.05) is 29.8 Å². The molecule has 42 heavy (non-hydrogen) atoms. The van der Waals surface area contributed by atoms with Crippen molar-refractivity contribution in [3.63, 3.8) is 0 Å². The Hall–Kier alpha value is -4.02. The first-order chi connectivity index (χ1) is 19.9. The molecule has 0 saturated carbocycles. The monoisotopic (exact) mass is 615 g/mol. The van der Waals surface area contributed by atoms with E-state index in [4.69, 9.17) is 21.1 Å². The quantitative estimate of drug-likeness (QED) is 0.225. The summed E-state index contributed by atoms with van der Waals surface area (Å²) in [7, 11) is 1.46. The molecule has 0 unspecified atom stereocenters. The fraction of sp³-hybridized carbons (Fsp3) is 0.226. The largest absolute Gasteiger partial charge is 0.496 e. The molecule has 0 bridgehead atoms. The van der Waals surface area contributed by atoms with Crippen LogP contribution < -0.4 is 4.74 Å². The molecule has 0 aliphatic carbocycles. The van der Waals surface area contributed by atoms with Gasteiger partial charge in [0.15, 0.2) is 6.10 Å². The number of hydrogen-bond acceptors (Lipinski definition) is 5. The van der Waals surface area contributed by atoms with E-state index in [1.807, 2.05) is 0 Å². The number of aromatic carboxylic acids is 1. The number of carboxylic acids is 1. The maximum Gasteiger partial charge on any atom is 0.416 e. The second-order valence-corrected chi connectivity index (χ2v) is 11.7. The summed E-state index contributed by atoms with van der Waals surface area (Å²) in [4.78, 5) is 26.5. The van der Waals surface area contributed by atoms with Gasteiger partial charge in [-0.15, -0.1) is 11.3 Å². The number of thiophene rings is 1. The molecule has 1 aliphatic rings. The lowest BCUT2D eigenvalue weighted by Crippen LogP contribution is -2.31. The summed E-state index contributed by atoms with van der Waals surface area (Å²) >= 11 is 7.35. The second-order valence-electron chi connectivity index (χ2n) is 9.93. The molecule has 1 fully saturated rings. The van der Waals surface area contributed by atoms with Gasteiger partial charge in [-0.3, -0.25) is 4.90 Å². The van der Waals surface area contributed by atoms with Crippen LogP contribution in [0.15, 0.2) is 66.7 Å². The summed E-state index contributed by atoms with van der Waals surface area (Å²) in [6, 6.07) is 16.5. The van der Waals surface area contributed by atoms with Crippen molar-refractivity contribution in [1.29, 1.82) is 0 Å². The summed E-state index contributed by atoms with van der Waals surface area (Å²) in [6.45, 7) is 3.42. The van der Waals surface area contributed by atoms with Crippen molar-refractivity contribution < 1.29 is 37.3 Å². The van der Waals surface area contributed by atoms with Crippen LogP contribution in [-0.2, 0) is 17.5 Å². The fourth-order valence-corrected chi connectivity index (χ4v) is 6.33. The van der Waals surface area contributed by atoms with E-state index in [1.54, 1.807) is 56.3 Å². The number of cyclic esters (lactones) is 1. The number of rotatable bonds is 7. The molecule has 218 valence electrons. The summed E-state index contributed by atoms with van der Waals surface area (Å²) in [5.74, 6) is -0.628. The third kappa shape index (κ3) is 5.69. The lowest BCUT2D eigenvalue weighted by atomic mass is 9.91. The smallest absolute Gasteiger partial charge is 0.416 e. The van der Waals surface area contributed by atoms with Gasteiger partial charge in [-0.25, -0.2) is 9.59 Å². The molecule has 1 aliphatic heterocycles. The van der Waals surface area contributed by atoms with E-state index in [1.165, 1.54) is 35.5 Å². The predicted octanol–water partition coefficient (Wildman–Crippen LogP) is 8.85. The van der Waals surface area contributed by atoms with Crippen molar-refractivity contribution in [3.05, 3.63) is 98.2 Å². The summed E-state index contributed by atoms with van der Waals surface area (Å²) < 4.78 is 53.3. The van der Waals surface area contributed by atoms with Crippen LogP contribution in [0.25, 0.3) is 22.3 Å². The molecular formula is C31H25ClF3NO5S. The second kappa shape index (κ2) is 11.3. The summed E-state index contributed by atoms with van der Waals surface area (Å²) in [5, 5.41) is 9.34. The van der Waals surface area contributed by atoms with Crippen LogP contribution >= 0.6 is 22.9 Å². The molecule has 2 heterocycles. The highest BCUT2D eigenvalue weighted by molar-refractivity contribution is 7.16. The first-order valence-corrected chi connectivity index (χ1v) is 14.0. The molecule has 4 aromatic rings. The normalized spacial score (nSPS) is 16.9. The number of carbonyl (C=O) groups is 2. The fourth-order valence-electron chi connectivity index (χ4n) is 5.14. The van der Waals surface area contributed by atoms with Gasteiger partial charge < -0.3 is 14.6 Å². The lowest BCUT2D eigenvalue weighted by Gasteiger charge is -2.23. The minimum Gasteiger partial charge on any atom is -0.496 e. The van der Waals surface area contributed by atoms with E-state index in [9.17, 15) is 27.9 Å². The minimum atomic E-state index is -4.60. The van der Waals surface area contributed by atoms with E-state index >= 15 is 0 Å². The Kier molecular flexibility index (Phi) is 7.96. The molecule has 3 aromatic carbocycles. The molecular weight excluding hydrogens is 591 g/mol. The Balaban J connectivity index is 1.59. The molecule has 11 heteroatoms. The van der Waals surface area contributed by atoms with Gasteiger partial charge in [-0.05, 0) is 90.2 Å². The van der Waals surface area contributed by atoms with Crippen molar-refractivity contribution in [2.24, 2.45) is 0 Å². The van der Waals surface area contributed by atoms with Crippen LogP contribution in [0.5, 0.6) is 5.75 Å². The zero-order chi connectivity index (χ0) is 30.3.